The number of benzene rings is 3. The number of rotatable bonds is 7. The third-order valence-corrected chi connectivity index (χ3v) is 7.47. The lowest BCUT2D eigenvalue weighted by atomic mass is 10.0. The summed E-state index contributed by atoms with van der Waals surface area (Å²) in [5, 5.41) is 7.35. The number of hydrogen-bond acceptors (Lipinski definition) is 5. The van der Waals surface area contributed by atoms with E-state index in [1.807, 2.05) is 24.3 Å². The number of hydrazone groups is 1. The van der Waals surface area contributed by atoms with Gasteiger partial charge >= 0.3 is 0 Å². The Balaban J connectivity index is 1.62. The molecule has 1 N–H and O–H groups in total. The van der Waals surface area contributed by atoms with Gasteiger partial charge in [-0.05, 0) is 54.1 Å². The van der Waals surface area contributed by atoms with E-state index < -0.39 is 20.7 Å². The standard InChI is InChI=1S/C23H19Cl3FN3O3S/c1-33-18-6-2-14(3-7-18)22-12-17(29-30(22)21-9-5-15(24)10-19(21)26)13-28-34(31,32)23-11-16(25)4-8-20(23)27/h2-11,22,28H,12-13H2,1H3. The maximum absolute atomic E-state index is 14.1. The Bertz CT molecular complexity index is 1350. The van der Waals surface area contributed by atoms with Crippen molar-refractivity contribution in [2.24, 2.45) is 5.10 Å². The van der Waals surface area contributed by atoms with Crippen LogP contribution in [0.15, 0.2) is 70.7 Å². The van der Waals surface area contributed by atoms with Gasteiger partial charge in [0.05, 0.1) is 36.1 Å². The fraction of sp³-hybridized carbons (Fsp3) is 0.174. The number of sulfonamides is 1. The van der Waals surface area contributed by atoms with E-state index in [-0.39, 0.29) is 17.6 Å². The third kappa shape index (κ3) is 5.31. The average molecular weight is 543 g/mol. The second-order valence-corrected chi connectivity index (χ2v) is 10.5. The number of ether oxygens (including phenoxy) is 1. The first-order chi connectivity index (χ1) is 16.2. The van der Waals surface area contributed by atoms with E-state index in [4.69, 9.17) is 39.5 Å². The molecule has 0 saturated carbocycles. The second kappa shape index (κ2) is 10.1. The predicted molar refractivity (Wildman–Crippen MR) is 133 cm³/mol. The van der Waals surface area contributed by atoms with Crippen molar-refractivity contribution >= 4 is 56.2 Å². The van der Waals surface area contributed by atoms with Gasteiger partial charge in [0.1, 0.15) is 16.5 Å². The summed E-state index contributed by atoms with van der Waals surface area (Å²) in [6, 6.07) is 15.6. The van der Waals surface area contributed by atoms with Crippen LogP contribution in [0.1, 0.15) is 18.0 Å². The number of anilines is 1. The number of methoxy groups -OCH3 is 1. The largest absolute Gasteiger partial charge is 0.497 e. The van der Waals surface area contributed by atoms with Gasteiger partial charge in [-0.15, -0.1) is 0 Å². The molecule has 0 spiro atoms. The molecule has 1 unspecified atom stereocenters. The van der Waals surface area contributed by atoms with Crippen molar-refractivity contribution in [2.45, 2.75) is 17.4 Å². The average Bonchev–Trinajstić information content (AvgIpc) is 3.23. The Kier molecular flexibility index (Phi) is 7.35. The van der Waals surface area contributed by atoms with Crippen LogP contribution in [0.5, 0.6) is 5.75 Å². The third-order valence-electron chi connectivity index (χ3n) is 5.28. The maximum atomic E-state index is 14.1. The highest BCUT2D eigenvalue weighted by atomic mass is 35.5. The number of nitrogens with zero attached hydrogens (tertiary/aromatic N) is 2. The second-order valence-electron chi connectivity index (χ2n) is 7.50. The summed E-state index contributed by atoms with van der Waals surface area (Å²) in [7, 11) is -2.57. The molecule has 3 aromatic carbocycles. The molecule has 11 heteroatoms. The van der Waals surface area contributed by atoms with Crippen LogP contribution in [0.3, 0.4) is 0 Å². The highest BCUT2D eigenvalue weighted by Gasteiger charge is 2.31. The topological polar surface area (TPSA) is 71.0 Å². The SMILES string of the molecule is COc1ccc(C2CC(CNS(=O)(=O)c3cc(Cl)ccc3F)=NN2c2ccc(Cl)cc2Cl)cc1. The normalized spacial score (nSPS) is 16.0. The van der Waals surface area contributed by atoms with Crippen LogP contribution in [0, 0.1) is 5.82 Å². The summed E-state index contributed by atoms with van der Waals surface area (Å²) in [6.07, 6.45) is 0.409. The lowest BCUT2D eigenvalue weighted by Gasteiger charge is -2.25. The zero-order valence-electron chi connectivity index (χ0n) is 17.8. The molecule has 0 aromatic heterocycles. The van der Waals surface area contributed by atoms with Gasteiger partial charge in [-0.3, -0.25) is 5.01 Å². The Hall–Kier alpha value is -2.36. The molecule has 0 amide bonds. The molecule has 0 aliphatic carbocycles. The van der Waals surface area contributed by atoms with Crippen molar-refractivity contribution in [3.05, 3.63) is 87.1 Å². The Morgan fingerprint density at radius 3 is 2.41 bits per heavy atom. The minimum atomic E-state index is -4.16. The summed E-state index contributed by atoms with van der Waals surface area (Å²) in [6.45, 7) is -0.122. The summed E-state index contributed by atoms with van der Waals surface area (Å²) < 4.78 is 47.2. The smallest absolute Gasteiger partial charge is 0.243 e. The summed E-state index contributed by atoms with van der Waals surface area (Å²) in [4.78, 5) is -0.525. The minimum absolute atomic E-state index is 0.114. The molecule has 1 atom stereocenters. The van der Waals surface area contributed by atoms with Crippen LogP contribution in [0.2, 0.25) is 15.1 Å². The lowest BCUT2D eigenvalue weighted by molar-refractivity contribution is 0.414. The molecule has 1 heterocycles. The van der Waals surface area contributed by atoms with Gasteiger partial charge in [0.2, 0.25) is 10.0 Å². The maximum Gasteiger partial charge on any atom is 0.243 e. The molecular weight excluding hydrogens is 524 g/mol. The van der Waals surface area contributed by atoms with E-state index in [1.165, 1.54) is 6.07 Å². The number of halogens is 4. The molecule has 1 aliphatic heterocycles. The van der Waals surface area contributed by atoms with E-state index in [2.05, 4.69) is 9.82 Å². The van der Waals surface area contributed by atoms with Crippen LogP contribution in [-0.4, -0.2) is 27.8 Å². The van der Waals surface area contributed by atoms with Crippen molar-refractivity contribution in [3.8, 4) is 5.75 Å². The molecular formula is C23H19Cl3FN3O3S. The first kappa shape index (κ1) is 24.8. The van der Waals surface area contributed by atoms with Crippen molar-refractivity contribution in [1.82, 2.24) is 4.72 Å². The fourth-order valence-electron chi connectivity index (χ4n) is 3.59. The van der Waals surface area contributed by atoms with Crippen LogP contribution < -0.4 is 14.5 Å². The molecule has 0 radical (unpaired) electrons. The van der Waals surface area contributed by atoms with Gasteiger partial charge in [-0.25, -0.2) is 17.5 Å². The van der Waals surface area contributed by atoms with Gasteiger partial charge in [0, 0.05) is 16.5 Å². The molecule has 6 nitrogen and oxygen atoms in total. The monoisotopic (exact) mass is 541 g/mol. The molecule has 3 aromatic rings. The summed E-state index contributed by atoms with van der Waals surface area (Å²) >= 11 is 18.3. The van der Waals surface area contributed by atoms with Crippen LogP contribution in [0.25, 0.3) is 0 Å². The molecule has 178 valence electrons. The number of hydrogen-bond donors (Lipinski definition) is 1. The lowest BCUT2D eigenvalue weighted by Crippen LogP contribution is -2.29. The first-order valence-corrected chi connectivity index (χ1v) is 12.7. The summed E-state index contributed by atoms with van der Waals surface area (Å²) in [5.74, 6) is -0.189. The number of nitrogens with one attached hydrogen (secondary N) is 1. The highest BCUT2D eigenvalue weighted by molar-refractivity contribution is 7.89. The quantitative estimate of drug-likeness (QED) is 0.393. The van der Waals surface area contributed by atoms with E-state index >= 15 is 0 Å². The summed E-state index contributed by atoms with van der Waals surface area (Å²) in [5.41, 5.74) is 2.08. The van der Waals surface area contributed by atoms with E-state index in [9.17, 15) is 12.8 Å². The van der Waals surface area contributed by atoms with Crippen molar-refractivity contribution in [2.75, 3.05) is 18.7 Å². The van der Waals surface area contributed by atoms with E-state index in [0.29, 0.717) is 33.6 Å². The Morgan fingerprint density at radius 2 is 1.74 bits per heavy atom. The fourth-order valence-corrected chi connectivity index (χ4v) is 5.44. The van der Waals surface area contributed by atoms with E-state index in [0.717, 1.165) is 17.7 Å². The minimum Gasteiger partial charge on any atom is -0.497 e. The molecule has 0 saturated heterocycles. The molecule has 1 aliphatic rings. The molecule has 4 rings (SSSR count). The van der Waals surface area contributed by atoms with Crippen LogP contribution >= 0.6 is 34.8 Å². The van der Waals surface area contributed by atoms with Gasteiger partial charge in [0.25, 0.3) is 0 Å². The Morgan fingerprint density at radius 1 is 1.06 bits per heavy atom. The van der Waals surface area contributed by atoms with E-state index in [1.54, 1.807) is 30.3 Å². The van der Waals surface area contributed by atoms with Gasteiger partial charge < -0.3 is 4.74 Å². The van der Waals surface area contributed by atoms with Crippen LogP contribution in [-0.2, 0) is 10.0 Å². The van der Waals surface area contributed by atoms with Crippen molar-refractivity contribution < 1.29 is 17.5 Å². The van der Waals surface area contributed by atoms with Gasteiger partial charge in [-0.1, -0.05) is 46.9 Å². The first-order valence-electron chi connectivity index (χ1n) is 10.1. The molecule has 0 bridgehead atoms. The van der Waals surface area contributed by atoms with Gasteiger partial charge in [0.15, 0.2) is 0 Å². The molecule has 0 fully saturated rings. The predicted octanol–water partition coefficient (Wildman–Crippen LogP) is 6.08. The molecule has 34 heavy (non-hydrogen) atoms. The van der Waals surface area contributed by atoms with Crippen LogP contribution in [0.4, 0.5) is 10.1 Å². The Labute approximate surface area is 211 Å². The zero-order valence-corrected chi connectivity index (χ0v) is 20.9. The van der Waals surface area contributed by atoms with Crippen molar-refractivity contribution in [1.29, 1.82) is 0 Å². The highest BCUT2D eigenvalue weighted by Crippen LogP contribution is 2.40. The van der Waals surface area contributed by atoms with Gasteiger partial charge in [-0.2, -0.15) is 5.10 Å². The zero-order chi connectivity index (χ0) is 24.5. The van der Waals surface area contributed by atoms with Crippen molar-refractivity contribution in [3.63, 3.8) is 0 Å².